The van der Waals surface area contributed by atoms with Gasteiger partial charge < -0.3 is 4.74 Å². The maximum absolute atomic E-state index is 10.6. The molecular weight excluding hydrogens is 279 g/mol. The summed E-state index contributed by atoms with van der Waals surface area (Å²) in [6.07, 6.45) is 0.478. The number of carbonyl (C=O) groups is 1. The zero-order chi connectivity index (χ0) is 9.68. The normalized spacial score (nSPS) is 9.69. The Morgan fingerprint density at radius 3 is 2.92 bits per heavy atom. The van der Waals surface area contributed by atoms with Gasteiger partial charge in [0.15, 0.2) is 0 Å². The van der Waals surface area contributed by atoms with E-state index >= 15 is 0 Å². The molecule has 0 aromatic heterocycles. The summed E-state index contributed by atoms with van der Waals surface area (Å²) in [6, 6.07) is 7.77. The van der Waals surface area contributed by atoms with Gasteiger partial charge in [0.05, 0.1) is 6.61 Å². The molecule has 0 saturated heterocycles. The van der Waals surface area contributed by atoms with Crippen LogP contribution < -0.4 is 4.74 Å². The van der Waals surface area contributed by atoms with Crippen LogP contribution in [0.25, 0.3) is 0 Å². The van der Waals surface area contributed by atoms with E-state index < -0.39 is 0 Å². The van der Waals surface area contributed by atoms with Gasteiger partial charge in [-0.3, -0.25) is 4.79 Å². The van der Waals surface area contributed by atoms with Crippen LogP contribution in [0.15, 0.2) is 24.3 Å². The summed E-state index contributed by atoms with van der Waals surface area (Å²) in [5.41, 5.74) is 0. The molecule has 0 unspecified atom stereocenters. The van der Waals surface area contributed by atoms with Gasteiger partial charge in [-0.2, -0.15) is 0 Å². The first-order chi connectivity index (χ1) is 6.18. The van der Waals surface area contributed by atoms with Crippen LogP contribution in [0.1, 0.15) is 13.3 Å². The van der Waals surface area contributed by atoms with Crippen molar-refractivity contribution in [2.75, 3.05) is 6.61 Å². The summed E-state index contributed by atoms with van der Waals surface area (Å²) in [4.78, 5) is 10.6. The average molecular weight is 290 g/mol. The third-order valence-corrected chi connectivity index (χ3v) is 2.19. The van der Waals surface area contributed by atoms with Crippen molar-refractivity contribution in [2.24, 2.45) is 0 Å². The summed E-state index contributed by atoms with van der Waals surface area (Å²) in [7, 11) is 0. The predicted molar refractivity (Wildman–Crippen MR) is 60.0 cm³/mol. The van der Waals surface area contributed by atoms with Gasteiger partial charge in [-0.1, -0.05) is 6.07 Å². The molecule has 1 aromatic carbocycles. The molecule has 0 saturated carbocycles. The van der Waals surface area contributed by atoms with E-state index in [4.69, 9.17) is 4.74 Å². The number of halogens is 1. The lowest BCUT2D eigenvalue weighted by Crippen LogP contribution is -2.02. The van der Waals surface area contributed by atoms with Crippen LogP contribution in [0.4, 0.5) is 0 Å². The van der Waals surface area contributed by atoms with Crippen molar-refractivity contribution in [1.29, 1.82) is 0 Å². The largest absolute Gasteiger partial charge is 0.493 e. The minimum Gasteiger partial charge on any atom is -0.493 e. The van der Waals surface area contributed by atoms with Gasteiger partial charge in [-0.15, -0.1) is 0 Å². The molecule has 0 heterocycles. The molecule has 0 aliphatic rings. The third kappa shape index (κ3) is 4.26. The van der Waals surface area contributed by atoms with Crippen LogP contribution in [0.2, 0.25) is 0 Å². The van der Waals surface area contributed by atoms with E-state index in [9.17, 15) is 4.79 Å². The van der Waals surface area contributed by atoms with Crippen LogP contribution in [0.3, 0.4) is 0 Å². The molecule has 0 radical (unpaired) electrons. The first-order valence-electron chi connectivity index (χ1n) is 4.06. The Kier molecular flexibility index (Phi) is 4.21. The smallest absolute Gasteiger partial charge is 0.133 e. The second kappa shape index (κ2) is 5.21. The number of ether oxygens (including phenoxy) is 1. The fourth-order valence-electron chi connectivity index (χ4n) is 0.869. The van der Waals surface area contributed by atoms with E-state index in [0.29, 0.717) is 13.0 Å². The van der Waals surface area contributed by atoms with Gasteiger partial charge in [-0.25, -0.2) is 0 Å². The first-order valence-corrected chi connectivity index (χ1v) is 5.14. The van der Waals surface area contributed by atoms with Crippen LogP contribution in [-0.4, -0.2) is 12.4 Å². The molecule has 0 aliphatic heterocycles. The fraction of sp³-hybridized carbons (Fsp3) is 0.300. The minimum atomic E-state index is 0.158. The monoisotopic (exact) mass is 290 g/mol. The Morgan fingerprint density at radius 1 is 1.54 bits per heavy atom. The Bertz CT molecular complexity index is 297. The van der Waals surface area contributed by atoms with E-state index in [1.54, 1.807) is 6.92 Å². The molecule has 0 bridgehead atoms. The van der Waals surface area contributed by atoms with Gasteiger partial charge in [0, 0.05) is 9.99 Å². The van der Waals surface area contributed by atoms with Crippen LogP contribution in [-0.2, 0) is 4.79 Å². The zero-order valence-corrected chi connectivity index (χ0v) is 9.58. The van der Waals surface area contributed by atoms with Gasteiger partial charge >= 0.3 is 0 Å². The van der Waals surface area contributed by atoms with E-state index in [-0.39, 0.29) is 5.78 Å². The standard InChI is InChI=1S/C10H11IO2/c1-8(12)5-6-13-10-4-2-3-9(11)7-10/h2-4,7H,5-6H2,1H3. The summed E-state index contributed by atoms with van der Waals surface area (Å²) < 4.78 is 6.51. The Labute approximate surface area is 91.4 Å². The Balaban J connectivity index is 2.41. The van der Waals surface area contributed by atoms with Gasteiger partial charge in [0.1, 0.15) is 11.5 Å². The molecule has 13 heavy (non-hydrogen) atoms. The summed E-state index contributed by atoms with van der Waals surface area (Å²) in [5.74, 6) is 0.985. The number of rotatable bonds is 4. The zero-order valence-electron chi connectivity index (χ0n) is 7.42. The lowest BCUT2D eigenvalue weighted by molar-refractivity contribution is -0.117. The van der Waals surface area contributed by atoms with Gasteiger partial charge in [0.25, 0.3) is 0 Å². The molecule has 3 heteroatoms. The van der Waals surface area contributed by atoms with Crippen molar-refractivity contribution in [3.8, 4) is 5.75 Å². The predicted octanol–water partition coefficient (Wildman–Crippen LogP) is 2.65. The fourth-order valence-corrected chi connectivity index (χ4v) is 1.38. The lowest BCUT2D eigenvalue weighted by Gasteiger charge is -2.04. The van der Waals surface area contributed by atoms with E-state index in [0.717, 1.165) is 9.32 Å². The van der Waals surface area contributed by atoms with E-state index in [1.165, 1.54) is 0 Å². The van der Waals surface area contributed by atoms with Crippen molar-refractivity contribution in [3.05, 3.63) is 27.8 Å². The number of benzene rings is 1. The minimum absolute atomic E-state index is 0.158. The summed E-state index contributed by atoms with van der Waals surface area (Å²) in [5, 5.41) is 0. The van der Waals surface area contributed by atoms with E-state index in [1.807, 2.05) is 24.3 Å². The maximum atomic E-state index is 10.6. The molecule has 1 rings (SSSR count). The maximum Gasteiger partial charge on any atom is 0.133 e. The highest BCUT2D eigenvalue weighted by molar-refractivity contribution is 14.1. The molecule has 0 aliphatic carbocycles. The van der Waals surface area contributed by atoms with Crippen LogP contribution in [0, 0.1) is 3.57 Å². The number of carbonyl (C=O) groups excluding carboxylic acids is 1. The number of hydrogen-bond acceptors (Lipinski definition) is 2. The van der Waals surface area contributed by atoms with Crippen molar-refractivity contribution < 1.29 is 9.53 Å². The third-order valence-electron chi connectivity index (χ3n) is 1.52. The van der Waals surface area contributed by atoms with Crippen LogP contribution in [0.5, 0.6) is 5.75 Å². The molecule has 0 fully saturated rings. The molecule has 0 N–H and O–H groups in total. The highest BCUT2D eigenvalue weighted by Gasteiger charge is 1.96. The molecular formula is C10H11IO2. The average Bonchev–Trinajstić information content (AvgIpc) is 2.03. The van der Waals surface area contributed by atoms with Crippen molar-refractivity contribution in [1.82, 2.24) is 0 Å². The number of Topliss-reactive ketones (excluding diaryl/α,β-unsaturated/α-hetero) is 1. The Hall–Kier alpha value is -0.580. The van der Waals surface area contributed by atoms with E-state index in [2.05, 4.69) is 22.6 Å². The van der Waals surface area contributed by atoms with Crippen LogP contribution >= 0.6 is 22.6 Å². The second-order valence-corrected chi connectivity index (χ2v) is 4.00. The van der Waals surface area contributed by atoms with Crippen molar-refractivity contribution >= 4 is 28.4 Å². The quantitative estimate of drug-likeness (QED) is 0.797. The van der Waals surface area contributed by atoms with Crippen molar-refractivity contribution in [2.45, 2.75) is 13.3 Å². The van der Waals surface area contributed by atoms with Crippen molar-refractivity contribution in [3.63, 3.8) is 0 Å². The molecule has 1 aromatic rings. The Morgan fingerprint density at radius 2 is 2.31 bits per heavy atom. The van der Waals surface area contributed by atoms with Gasteiger partial charge in [0.2, 0.25) is 0 Å². The number of ketones is 1. The molecule has 0 amide bonds. The summed E-state index contributed by atoms with van der Waals surface area (Å²) >= 11 is 2.22. The second-order valence-electron chi connectivity index (χ2n) is 2.76. The highest BCUT2D eigenvalue weighted by atomic mass is 127. The number of hydrogen-bond donors (Lipinski definition) is 0. The topological polar surface area (TPSA) is 26.3 Å². The molecule has 70 valence electrons. The lowest BCUT2D eigenvalue weighted by atomic mass is 10.3. The molecule has 0 atom stereocenters. The van der Waals surface area contributed by atoms with Gasteiger partial charge in [-0.05, 0) is 47.7 Å². The first kappa shape index (κ1) is 10.5. The SMILES string of the molecule is CC(=O)CCOc1cccc(I)c1. The molecule has 2 nitrogen and oxygen atoms in total. The summed E-state index contributed by atoms with van der Waals surface area (Å²) in [6.45, 7) is 2.04. The highest BCUT2D eigenvalue weighted by Crippen LogP contribution is 2.14. The molecule has 0 spiro atoms.